The molecule has 0 amide bonds. The molecule has 2 unspecified atom stereocenters. The number of para-hydroxylation sites is 1. The molecule has 0 fully saturated rings. The first kappa shape index (κ1) is 23.1. The number of aliphatic imine (C=N–C) groups is 1. The number of hydrogen-bond donors (Lipinski definition) is 3. The number of nitrogens with zero attached hydrogens (tertiary/aromatic N) is 4. The minimum absolute atomic E-state index is 0.0493. The van der Waals surface area contributed by atoms with Crippen LogP contribution in [0.5, 0.6) is 0 Å². The van der Waals surface area contributed by atoms with Crippen molar-refractivity contribution >= 4 is 51.5 Å². The monoisotopic (exact) mass is 468 g/mol. The zero-order chi connectivity index (χ0) is 23.1. The lowest BCUT2D eigenvalue weighted by atomic mass is 10.1. The Morgan fingerprint density at radius 2 is 2.03 bits per heavy atom. The van der Waals surface area contributed by atoms with E-state index >= 15 is 0 Å². The zero-order valence-corrected chi connectivity index (χ0v) is 18.5. The first-order chi connectivity index (χ1) is 15.4. The maximum atomic E-state index is 11.8. The van der Waals surface area contributed by atoms with Gasteiger partial charge in [-0.1, -0.05) is 42.8 Å². The van der Waals surface area contributed by atoms with E-state index < -0.39 is 17.1 Å². The number of nitrogens with two attached hydrogens (primary N) is 1. The lowest BCUT2D eigenvalue weighted by Crippen LogP contribution is -2.35. The average Bonchev–Trinajstić information content (AvgIpc) is 2.77. The number of nitriles is 1. The number of benzene rings is 2. The summed E-state index contributed by atoms with van der Waals surface area (Å²) >= 11 is 3.51. The first-order valence-electron chi connectivity index (χ1n) is 9.50. The van der Waals surface area contributed by atoms with Crippen molar-refractivity contribution in [2.24, 2.45) is 4.99 Å². The van der Waals surface area contributed by atoms with Crippen molar-refractivity contribution in [3.63, 3.8) is 0 Å². The molecule has 0 bridgehead atoms. The fraction of sp³-hybridized carbons (Fsp3) is 0.143. The van der Waals surface area contributed by atoms with E-state index in [1.54, 1.807) is 12.1 Å². The Bertz CT molecular complexity index is 1200. The molecule has 0 spiro atoms. The van der Waals surface area contributed by atoms with Crippen molar-refractivity contribution in [1.29, 1.82) is 5.26 Å². The van der Waals surface area contributed by atoms with Gasteiger partial charge in [-0.05, 0) is 41.8 Å². The van der Waals surface area contributed by atoms with Crippen LogP contribution in [0.4, 0.5) is 23.0 Å². The summed E-state index contributed by atoms with van der Waals surface area (Å²) in [5.41, 5.74) is 6.82. The van der Waals surface area contributed by atoms with E-state index in [1.165, 1.54) is 12.4 Å². The van der Waals surface area contributed by atoms with E-state index in [0.717, 1.165) is 5.69 Å². The molecule has 0 saturated carbocycles. The third kappa shape index (κ3) is 5.39. The van der Waals surface area contributed by atoms with E-state index in [-0.39, 0.29) is 32.8 Å². The highest BCUT2D eigenvalue weighted by atomic mass is 35.5. The van der Waals surface area contributed by atoms with Crippen molar-refractivity contribution in [1.82, 2.24) is 9.97 Å². The van der Waals surface area contributed by atoms with Gasteiger partial charge in [0.2, 0.25) is 0 Å². The molecular formula is C21H19ClN7O2S-. The molecule has 1 aromatic heterocycles. The van der Waals surface area contributed by atoms with E-state index in [1.807, 2.05) is 43.3 Å². The molecule has 0 aliphatic carbocycles. The smallest absolute Gasteiger partial charge is 0.150 e. The standard InChI is InChI=1S/C21H20ClN7O2S/c1-2-16(28-20-14(11-23)19(24)25-12-26-20)21(27-13-7-4-3-5-8-13)29-17-10-6-9-15(22)18(17)32(30)31/h3-10,12,16H,2H2,1H3,(H,27,29)(H,30,31)(H3,24,25,26,28)/p-1. The van der Waals surface area contributed by atoms with Gasteiger partial charge in [-0.2, -0.15) is 5.26 Å². The van der Waals surface area contributed by atoms with Crippen LogP contribution in [-0.2, 0) is 11.1 Å². The van der Waals surface area contributed by atoms with E-state index in [0.29, 0.717) is 12.3 Å². The third-order valence-corrected chi connectivity index (χ3v) is 5.63. The highest BCUT2D eigenvalue weighted by Gasteiger charge is 2.20. The van der Waals surface area contributed by atoms with Crippen molar-refractivity contribution in [3.8, 4) is 6.07 Å². The number of amidine groups is 1. The number of aromatic nitrogens is 2. The third-order valence-electron chi connectivity index (χ3n) is 4.44. The molecule has 2 aromatic carbocycles. The number of anilines is 3. The lowest BCUT2D eigenvalue weighted by Gasteiger charge is -2.23. The maximum Gasteiger partial charge on any atom is 0.150 e. The summed E-state index contributed by atoms with van der Waals surface area (Å²) in [6.45, 7) is 1.90. The van der Waals surface area contributed by atoms with Gasteiger partial charge in [0.05, 0.1) is 21.6 Å². The van der Waals surface area contributed by atoms with Gasteiger partial charge in [0.1, 0.15) is 35.4 Å². The number of nitrogens with one attached hydrogen (secondary N) is 2. The van der Waals surface area contributed by atoms with Gasteiger partial charge < -0.3 is 20.9 Å². The number of rotatable bonds is 7. The summed E-state index contributed by atoms with van der Waals surface area (Å²) in [4.78, 5) is 12.4. The van der Waals surface area contributed by atoms with E-state index in [2.05, 4.69) is 25.6 Å². The Morgan fingerprint density at radius 1 is 1.28 bits per heavy atom. The first-order valence-corrected chi connectivity index (χ1v) is 10.9. The van der Waals surface area contributed by atoms with Crippen molar-refractivity contribution in [2.75, 3.05) is 16.4 Å². The second-order valence-electron chi connectivity index (χ2n) is 6.51. The molecule has 4 N–H and O–H groups in total. The van der Waals surface area contributed by atoms with Crippen LogP contribution in [0.2, 0.25) is 5.02 Å². The van der Waals surface area contributed by atoms with Gasteiger partial charge in [0, 0.05) is 5.69 Å². The van der Waals surface area contributed by atoms with Crippen molar-refractivity contribution < 1.29 is 8.76 Å². The molecule has 0 saturated heterocycles. The lowest BCUT2D eigenvalue weighted by molar-refractivity contribution is 0.537. The van der Waals surface area contributed by atoms with Gasteiger partial charge in [-0.3, -0.25) is 4.21 Å². The molecule has 9 nitrogen and oxygen atoms in total. The van der Waals surface area contributed by atoms with Crippen LogP contribution in [0.3, 0.4) is 0 Å². The molecular weight excluding hydrogens is 450 g/mol. The number of hydrogen-bond acceptors (Lipinski definition) is 8. The van der Waals surface area contributed by atoms with Gasteiger partial charge in [-0.15, -0.1) is 0 Å². The Hall–Kier alpha value is -3.52. The van der Waals surface area contributed by atoms with E-state index in [9.17, 15) is 14.0 Å². The topological polar surface area (TPSA) is 152 Å². The van der Waals surface area contributed by atoms with Crippen LogP contribution in [-0.4, -0.2) is 30.6 Å². The Morgan fingerprint density at radius 3 is 2.69 bits per heavy atom. The van der Waals surface area contributed by atoms with Crippen molar-refractivity contribution in [3.05, 3.63) is 65.4 Å². The van der Waals surface area contributed by atoms with Gasteiger partial charge in [-0.25, -0.2) is 15.0 Å². The predicted molar refractivity (Wildman–Crippen MR) is 125 cm³/mol. The van der Waals surface area contributed by atoms with Crippen LogP contribution < -0.4 is 16.4 Å². The number of nitrogen functional groups attached to an aromatic ring is 1. The summed E-state index contributed by atoms with van der Waals surface area (Å²) in [6, 6.07) is 15.4. The summed E-state index contributed by atoms with van der Waals surface area (Å²) in [5.74, 6) is 0.690. The molecule has 0 aliphatic heterocycles. The van der Waals surface area contributed by atoms with Crippen LogP contribution in [0, 0.1) is 11.3 Å². The summed E-state index contributed by atoms with van der Waals surface area (Å²) in [7, 11) is 0. The van der Waals surface area contributed by atoms with Gasteiger partial charge in [0.25, 0.3) is 0 Å². The van der Waals surface area contributed by atoms with Crippen LogP contribution >= 0.6 is 11.6 Å². The van der Waals surface area contributed by atoms with Gasteiger partial charge >= 0.3 is 0 Å². The van der Waals surface area contributed by atoms with E-state index in [4.69, 9.17) is 17.3 Å². The molecule has 0 aliphatic rings. The maximum absolute atomic E-state index is 11.8. The predicted octanol–water partition coefficient (Wildman–Crippen LogP) is 3.85. The van der Waals surface area contributed by atoms with Crippen molar-refractivity contribution in [2.45, 2.75) is 24.3 Å². The second-order valence-corrected chi connectivity index (χ2v) is 7.80. The Labute approximate surface area is 192 Å². The Balaban J connectivity index is 2.10. The normalized spacial score (nSPS) is 13.1. The molecule has 2 atom stereocenters. The fourth-order valence-electron chi connectivity index (χ4n) is 2.89. The quantitative estimate of drug-likeness (QED) is 0.268. The fourth-order valence-corrected chi connectivity index (χ4v) is 3.76. The highest BCUT2D eigenvalue weighted by molar-refractivity contribution is 7.79. The molecule has 32 heavy (non-hydrogen) atoms. The highest BCUT2D eigenvalue weighted by Crippen LogP contribution is 2.30. The summed E-state index contributed by atoms with van der Waals surface area (Å²) in [5, 5.41) is 15.9. The molecule has 1 heterocycles. The summed E-state index contributed by atoms with van der Waals surface area (Å²) < 4.78 is 23.6. The molecule has 164 valence electrons. The molecule has 3 aromatic rings. The second kappa shape index (κ2) is 10.7. The molecule has 0 radical (unpaired) electrons. The SMILES string of the molecule is CCC(Nc1ncnc(N)c1C#N)C(=Nc1cccc(Cl)c1S(=O)[O-])Nc1ccccc1. The zero-order valence-electron chi connectivity index (χ0n) is 16.9. The largest absolute Gasteiger partial charge is 0.768 e. The van der Waals surface area contributed by atoms with Crippen LogP contribution in [0.1, 0.15) is 18.9 Å². The summed E-state index contributed by atoms with van der Waals surface area (Å²) in [6.07, 6.45) is 1.77. The minimum atomic E-state index is -2.59. The average molecular weight is 469 g/mol. The van der Waals surface area contributed by atoms with Crippen LogP contribution in [0.25, 0.3) is 0 Å². The Kier molecular flexibility index (Phi) is 7.72. The van der Waals surface area contributed by atoms with Crippen LogP contribution in [0.15, 0.2) is 64.7 Å². The minimum Gasteiger partial charge on any atom is -0.768 e. The van der Waals surface area contributed by atoms with Gasteiger partial charge in [0.15, 0.2) is 0 Å². The number of halogens is 1. The molecule has 3 rings (SSSR count). The molecule has 11 heteroatoms.